The summed E-state index contributed by atoms with van der Waals surface area (Å²) in [5, 5.41) is 20.7. The number of nitrogens with one attached hydrogen (secondary N) is 1. The highest BCUT2D eigenvalue weighted by atomic mass is 32.1. The molecule has 2 N–H and O–H groups in total. The molecule has 8 heteroatoms. The van der Waals surface area contributed by atoms with Crippen LogP contribution in [0.15, 0.2) is 47.8 Å². The number of carboxylic acids is 1. The van der Waals surface area contributed by atoms with E-state index in [1.807, 2.05) is 55.1 Å². The number of anilines is 2. The standard InChI is InChI=1S/C23H22N4O3S/c1-13-7-5-6-8-19(13)27-21(20(15(3)26-27)22-24-14(2)12-31-22)25-18-10-9-16(30-4)11-17(18)23(28)29/h5-12,25H,1-4H3,(H,28,29). The monoisotopic (exact) mass is 434 g/mol. The Kier molecular flexibility index (Phi) is 5.48. The summed E-state index contributed by atoms with van der Waals surface area (Å²) < 4.78 is 7.01. The van der Waals surface area contributed by atoms with Crippen molar-refractivity contribution in [3.63, 3.8) is 0 Å². The fourth-order valence-electron chi connectivity index (χ4n) is 3.41. The summed E-state index contributed by atoms with van der Waals surface area (Å²) in [6, 6.07) is 12.8. The molecule has 0 radical (unpaired) electrons. The number of thiazole rings is 1. The van der Waals surface area contributed by atoms with Crippen LogP contribution in [-0.2, 0) is 0 Å². The molecule has 0 unspecified atom stereocenters. The molecule has 31 heavy (non-hydrogen) atoms. The molecule has 7 nitrogen and oxygen atoms in total. The van der Waals surface area contributed by atoms with E-state index >= 15 is 0 Å². The van der Waals surface area contributed by atoms with Crippen molar-refractivity contribution in [2.45, 2.75) is 20.8 Å². The number of aryl methyl sites for hydroxylation is 3. The predicted molar refractivity (Wildman–Crippen MR) is 122 cm³/mol. The largest absolute Gasteiger partial charge is 0.497 e. The van der Waals surface area contributed by atoms with Gasteiger partial charge in [0.1, 0.15) is 16.6 Å². The maximum Gasteiger partial charge on any atom is 0.337 e. The van der Waals surface area contributed by atoms with Crippen LogP contribution in [0.2, 0.25) is 0 Å². The van der Waals surface area contributed by atoms with E-state index in [0.717, 1.165) is 33.2 Å². The summed E-state index contributed by atoms with van der Waals surface area (Å²) in [5.74, 6) is 0.0860. The van der Waals surface area contributed by atoms with E-state index in [1.54, 1.807) is 12.1 Å². The maximum atomic E-state index is 11.9. The molecule has 0 aliphatic carbocycles. The number of rotatable bonds is 6. The highest BCUT2D eigenvalue weighted by molar-refractivity contribution is 7.13. The van der Waals surface area contributed by atoms with Crippen LogP contribution in [0.1, 0.15) is 27.3 Å². The van der Waals surface area contributed by atoms with Crippen LogP contribution in [0.25, 0.3) is 16.3 Å². The van der Waals surface area contributed by atoms with Gasteiger partial charge in [0.15, 0.2) is 0 Å². The summed E-state index contributed by atoms with van der Waals surface area (Å²) in [6.07, 6.45) is 0. The first-order valence-electron chi connectivity index (χ1n) is 9.65. The summed E-state index contributed by atoms with van der Waals surface area (Å²) in [7, 11) is 1.51. The second-order valence-corrected chi connectivity index (χ2v) is 8.00. The third-order valence-corrected chi connectivity index (χ3v) is 5.92. The van der Waals surface area contributed by atoms with Gasteiger partial charge in [0.2, 0.25) is 0 Å². The lowest BCUT2D eigenvalue weighted by Gasteiger charge is -2.15. The first-order chi connectivity index (χ1) is 14.9. The number of carbonyl (C=O) groups is 1. The summed E-state index contributed by atoms with van der Waals surface area (Å²) in [5.41, 5.74) is 5.05. The lowest BCUT2D eigenvalue weighted by atomic mass is 10.1. The Balaban J connectivity index is 1.94. The number of carboxylic acid groups (broad SMARTS) is 1. The van der Waals surface area contributed by atoms with Crippen molar-refractivity contribution < 1.29 is 14.6 Å². The van der Waals surface area contributed by atoms with Gasteiger partial charge < -0.3 is 15.2 Å². The molecule has 158 valence electrons. The van der Waals surface area contributed by atoms with Gasteiger partial charge in [0.05, 0.1) is 35.3 Å². The number of hydrogen-bond acceptors (Lipinski definition) is 6. The van der Waals surface area contributed by atoms with E-state index in [2.05, 4.69) is 10.3 Å². The van der Waals surface area contributed by atoms with Gasteiger partial charge in [-0.3, -0.25) is 0 Å². The lowest BCUT2D eigenvalue weighted by molar-refractivity contribution is 0.0697. The van der Waals surface area contributed by atoms with Gasteiger partial charge in [0, 0.05) is 11.1 Å². The molecule has 0 aliphatic heterocycles. The first-order valence-corrected chi connectivity index (χ1v) is 10.5. The van der Waals surface area contributed by atoms with Crippen molar-refractivity contribution >= 4 is 28.8 Å². The normalized spacial score (nSPS) is 10.8. The Morgan fingerprint density at radius 3 is 2.58 bits per heavy atom. The molecule has 2 heterocycles. The molecular formula is C23H22N4O3S. The third kappa shape index (κ3) is 3.89. The Bertz CT molecular complexity index is 1280. The van der Waals surface area contributed by atoms with Gasteiger partial charge >= 0.3 is 5.97 Å². The van der Waals surface area contributed by atoms with Crippen molar-refractivity contribution in [2.24, 2.45) is 0 Å². The minimum Gasteiger partial charge on any atom is -0.497 e. The molecule has 4 rings (SSSR count). The van der Waals surface area contributed by atoms with Gasteiger partial charge in [-0.15, -0.1) is 11.3 Å². The molecule has 0 bridgehead atoms. The zero-order valence-electron chi connectivity index (χ0n) is 17.6. The topological polar surface area (TPSA) is 89.3 Å². The molecule has 0 aliphatic rings. The number of methoxy groups -OCH3 is 1. The number of para-hydroxylation sites is 1. The van der Waals surface area contributed by atoms with E-state index < -0.39 is 5.97 Å². The predicted octanol–water partition coefficient (Wildman–Crippen LogP) is 5.37. The molecule has 0 amide bonds. The summed E-state index contributed by atoms with van der Waals surface area (Å²) in [4.78, 5) is 16.6. The number of aromatic carboxylic acids is 1. The Hall–Kier alpha value is -3.65. The smallest absolute Gasteiger partial charge is 0.337 e. The average molecular weight is 435 g/mol. The van der Waals surface area contributed by atoms with E-state index in [4.69, 9.17) is 9.84 Å². The van der Waals surface area contributed by atoms with Crippen molar-refractivity contribution in [1.29, 1.82) is 0 Å². The molecule has 0 saturated carbocycles. The van der Waals surface area contributed by atoms with E-state index in [0.29, 0.717) is 17.3 Å². The van der Waals surface area contributed by atoms with Crippen LogP contribution in [0.3, 0.4) is 0 Å². The fourth-order valence-corrected chi connectivity index (χ4v) is 4.30. The SMILES string of the molecule is COc1ccc(Nc2c(-c3nc(C)cs3)c(C)nn2-c2ccccc2C)c(C(=O)O)c1. The highest BCUT2D eigenvalue weighted by Gasteiger charge is 2.23. The lowest BCUT2D eigenvalue weighted by Crippen LogP contribution is -2.08. The molecular weight excluding hydrogens is 412 g/mol. The third-order valence-electron chi connectivity index (χ3n) is 4.95. The van der Waals surface area contributed by atoms with Gasteiger partial charge in [-0.25, -0.2) is 14.5 Å². The Labute approximate surface area is 184 Å². The van der Waals surface area contributed by atoms with Gasteiger partial charge in [-0.1, -0.05) is 18.2 Å². The molecule has 2 aromatic heterocycles. The number of ether oxygens (including phenoxy) is 1. The second kappa shape index (κ2) is 8.23. The van der Waals surface area contributed by atoms with Crippen LogP contribution in [0.4, 0.5) is 11.5 Å². The van der Waals surface area contributed by atoms with Crippen LogP contribution < -0.4 is 10.1 Å². The van der Waals surface area contributed by atoms with Crippen LogP contribution in [0, 0.1) is 20.8 Å². The number of hydrogen-bond donors (Lipinski definition) is 2. The van der Waals surface area contributed by atoms with Crippen molar-refractivity contribution in [3.05, 3.63) is 70.4 Å². The van der Waals surface area contributed by atoms with Crippen LogP contribution >= 0.6 is 11.3 Å². The number of benzene rings is 2. The minimum absolute atomic E-state index is 0.107. The Morgan fingerprint density at radius 2 is 1.94 bits per heavy atom. The van der Waals surface area contributed by atoms with Crippen LogP contribution in [-0.4, -0.2) is 33.0 Å². The second-order valence-electron chi connectivity index (χ2n) is 7.14. The van der Waals surface area contributed by atoms with E-state index in [1.165, 1.54) is 24.5 Å². The average Bonchev–Trinajstić information content (AvgIpc) is 3.31. The summed E-state index contributed by atoms with van der Waals surface area (Å²) >= 11 is 1.53. The molecule has 0 saturated heterocycles. The van der Waals surface area contributed by atoms with Crippen LogP contribution in [0.5, 0.6) is 5.75 Å². The zero-order chi connectivity index (χ0) is 22.1. The van der Waals surface area contributed by atoms with E-state index in [9.17, 15) is 9.90 Å². The van der Waals surface area contributed by atoms with Gasteiger partial charge in [-0.2, -0.15) is 5.10 Å². The molecule has 0 fully saturated rings. The first kappa shape index (κ1) is 20.6. The van der Waals surface area contributed by atoms with Gasteiger partial charge in [0.25, 0.3) is 0 Å². The summed E-state index contributed by atoms with van der Waals surface area (Å²) in [6.45, 7) is 5.89. The van der Waals surface area contributed by atoms with Gasteiger partial charge in [-0.05, 0) is 50.6 Å². The van der Waals surface area contributed by atoms with Crippen molar-refractivity contribution in [1.82, 2.24) is 14.8 Å². The molecule has 0 spiro atoms. The molecule has 0 atom stereocenters. The molecule has 2 aromatic carbocycles. The number of nitrogens with zero attached hydrogens (tertiary/aromatic N) is 3. The fraction of sp³-hybridized carbons (Fsp3) is 0.174. The Morgan fingerprint density at radius 1 is 1.16 bits per heavy atom. The minimum atomic E-state index is -1.05. The number of aromatic nitrogens is 3. The molecule has 4 aromatic rings. The maximum absolute atomic E-state index is 11.9. The van der Waals surface area contributed by atoms with E-state index in [-0.39, 0.29) is 5.56 Å². The van der Waals surface area contributed by atoms with Crippen molar-refractivity contribution in [3.8, 4) is 22.0 Å². The zero-order valence-corrected chi connectivity index (χ0v) is 18.4. The van der Waals surface area contributed by atoms with Crippen molar-refractivity contribution in [2.75, 3.05) is 12.4 Å². The quantitative estimate of drug-likeness (QED) is 0.424. The highest BCUT2D eigenvalue weighted by Crippen LogP contribution is 2.38.